The van der Waals surface area contributed by atoms with Crippen molar-refractivity contribution in [2.24, 2.45) is 5.92 Å². The zero-order chi connectivity index (χ0) is 20.6. The Labute approximate surface area is 169 Å². The van der Waals surface area contributed by atoms with Crippen LogP contribution in [0, 0.1) is 5.92 Å². The number of hydrogen-bond donors (Lipinski definition) is 3. The molecule has 3 aromatic heterocycles. The topological polar surface area (TPSA) is 111 Å². The minimum atomic E-state index is -0.828. The summed E-state index contributed by atoms with van der Waals surface area (Å²) in [6, 6.07) is 0.442. The first kappa shape index (κ1) is 19.6. The molecule has 29 heavy (non-hydrogen) atoms. The third kappa shape index (κ3) is 4.05. The van der Waals surface area contributed by atoms with Gasteiger partial charge in [-0.25, -0.2) is 9.78 Å². The van der Waals surface area contributed by atoms with Crippen molar-refractivity contribution >= 4 is 22.9 Å². The molecule has 1 saturated carbocycles. The second-order valence-corrected chi connectivity index (χ2v) is 8.99. The van der Waals surface area contributed by atoms with Crippen LogP contribution in [0.3, 0.4) is 0 Å². The van der Waals surface area contributed by atoms with E-state index in [0.29, 0.717) is 18.5 Å². The third-order valence-corrected chi connectivity index (χ3v) is 5.95. The predicted octanol–water partition coefficient (Wildman–Crippen LogP) is 3.03. The fourth-order valence-corrected chi connectivity index (χ4v) is 4.27. The van der Waals surface area contributed by atoms with E-state index in [2.05, 4.69) is 25.5 Å². The number of amides is 1. The summed E-state index contributed by atoms with van der Waals surface area (Å²) in [5.74, 6) is 0.428. The SMILES string of the molecule is CC(C)(C)N(C[C@H]1CC[C@H](NCc2c[nH]c3ncc4nncn4c23)CC1)C(=O)O. The van der Waals surface area contributed by atoms with E-state index in [-0.39, 0.29) is 5.54 Å². The van der Waals surface area contributed by atoms with E-state index in [1.165, 1.54) is 0 Å². The minimum absolute atomic E-state index is 0.363. The molecule has 9 nitrogen and oxygen atoms in total. The molecule has 1 amide bonds. The Bertz CT molecular complexity index is 995. The summed E-state index contributed by atoms with van der Waals surface area (Å²) in [4.78, 5) is 20.8. The molecule has 3 N–H and O–H groups in total. The quantitative estimate of drug-likeness (QED) is 0.608. The van der Waals surface area contributed by atoms with Crippen molar-refractivity contribution in [3.63, 3.8) is 0 Å². The van der Waals surface area contributed by atoms with Gasteiger partial charge >= 0.3 is 6.09 Å². The number of nitrogens with zero attached hydrogens (tertiary/aromatic N) is 5. The Morgan fingerprint density at radius 3 is 2.79 bits per heavy atom. The zero-order valence-electron chi connectivity index (χ0n) is 17.2. The fourth-order valence-electron chi connectivity index (χ4n) is 4.27. The number of rotatable bonds is 5. The lowest BCUT2D eigenvalue weighted by Gasteiger charge is -2.38. The summed E-state index contributed by atoms with van der Waals surface area (Å²) in [5.41, 5.74) is 3.35. The summed E-state index contributed by atoms with van der Waals surface area (Å²) in [5, 5.41) is 21.2. The number of aromatic amines is 1. The molecule has 9 heteroatoms. The highest BCUT2D eigenvalue weighted by molar-refractivity contribution is 5.78. The van der Waals surface area contributed by atoms with Gasteiger partial charge in [-0.15, -0.1) is 10.2 Å². The van der Waals surface area contributed by atoms with E-state index < -0.39 is 6.09 Å². The van der Waals surface area contributed by atoms with E-state index in [9.17, 15) is 9.90 Å². The fraction of sp³-hybridized carbons (Fsp3) is 0.600. The summed E-state index contributed by atoms with van der Waals surface area (Å²) >= 11 is 0. The van der Waals surface area contributed by atoms with Crippen LogP contribution >= 0.6 is 0 Å². The number of hydrogen-bond acceptors (Lipinski definition) is 5. The van der Waals surface area contributed by atoms with Crippen LogP contribution in [-0.2, 0) is 6.54 Å². The van der Waals surface area contributed by atoms with Gasteiger partial charge in [-0.1, -0.05) is 0 Å². The summed E-state index contributed by atoms with van der Waals surface area (Å²) in [6.45, 7) is 7.23. The van der Waals surface area contributed by atoms with Crippen LogP contribution in [0.2, 0.25) is 0 Å². The summed E-state index contributed by atoms with van der Waals surface area (Å²) in [6.07, 6.45) is 8.80. The normalized spacial score (nSPS) is 20.4. The van der Waals surface area contributed by atoms with Gasteiger partial charge in [-0.3, -0.25) is 4.40 Å². The highest BCUT2D eigenvalue weighted by atomic mass is 16.4. The Hall–Kier alpha value is -2.68. The lowest BCUT2D eigenvalue weighted by molar-refractivity contribution is 0.0812. The van der Waals surface area contributed by atoms with Gasteiger partial charge in [0.25, 0.3) is 0 Å². The van der Waals surface area contributed by atoms with E-state index in [4.69, 9.17) is 0 Å². The molecule has 0 aliphatic heterocycles. The van der Waals surface area contributed by atoms with E-state index in [1.807, 2.05) is 31.4 Å². The lowest BCUT2D eigenvalue weighted by Crippen LogP contribution is -2.48. The van der Waals surface area contributed by atoms with Crippen molar-refractivity contribution in [1.29, 1.82) is 0 Å². The van der Waals surface area contributed by atoms with Crippen molar-refractivity contribution in [1.82, 2.24) is 34.8 Å². The average Bonchev–Trinajstić information content (AvgIpc) is 3.30. The van der Waals surface area contributed by atoms with Crippen LogP contribution < -0.4 is 5.32 Å². The van der Waals surface area contributed by atoms with Crippen LogP contribution in [0.1, 0.15) is 52.0 Å². The molecule has 3 aromatic rings. The molecule has 0 aromatic carbocycles. The van der Waals surface area contributed by atoms with E-state index in [1.54, 1.807) is 17.4 Å². The van der Waals surface area contributed by atoms with Crippen molar-refractivity contribution in [2.75, 3.05) is 6.54 Å². The predicted molar refractivity (Wildman–Crippen MR) is 110 cm³/mol. The van der Waals surface area contributed by atoms with Gasteiger partial charge in [0.15, 0.2) is 11.3 Å². The van der Waals surface area contributed by atoms with Crippen LogP contribution in [-0.4, -0.2) is 58.8 Å². The largest absolute Gasteiger partial charge is 0.465 e. The molecule has 4 rings (SSSR count). The van der Waals surface area contributed by atoms with Gasteiger partial charge < -0.3 is 20.3 Å². The molecule has 1 aliphatic carbocycles. The first-order valence-corrected chi connectivity index (χ1v) is 10.2. The first-order chi connectivity index (χ1) is 13.8. The second kappa shape index (κ2) is 7.62. The molecule has 0 bridgehead atoms. The highest BCUT2D eigenvalue weighted by Crippen LogP contribution is 2.28. The van der Waals surface area contributed by atoms with Crippen molar-refractivity contribution in [2.45, 2.75) is 64.6 Å². The molecule has 156 valence electrons. The Balaban J connectivity index is 1.34. The number of aromatic nitrogens is 5. The molecule has 0 radical (unpaired) electrons. The molecule has 1 fully saturated rings. The van der Waals surface area contributed by atoms with Gasteiger partial charge in [0.2, 0.25) is 0 Å². The number of carbonyl (C=O) groups is 1. The van der Waals surface area contributed by atoms with Gasteiger partial charge in [0, 0.05) is 36.4 Å². The van der Waals surface area contributed by atoms with E-state index >= 15 is 0 Å². The number of H-pyrrole nitrogens is 1. The van der Waals surface area contributed by atoms with Crippen LogP contribution in [0.4, 0.5) is 4.79 Å². The van der Waals surface area contributed by atoms with Gasteiger partial charge in [-0.2, -0.15) is 0 Å². The smallest absolute Gasteiger partial charge is 0.407 e. The standard InChI is InChI=1S/C20H29N7O2/c1-20(2,3)27(19(28)29)11-13-4-6-15(7-5-13)21-8-14-9-22-18-17(14)26-12-24-25-16(26)10-23-18/h9-10,12-13,15,21-22H,4-8,11H2,1-3H3,(H,28,29)/t13-,15-. The molecular weight excluding hydrogens is 370 g/mol. The summed E-state index contributed by atoms with van der Waals surface area (Å²) < 4.78 is 1.96. The summed E-state index contributed by atoms with van der Waals surface area (Å²) in [7, 11) is 0. The van der Waals surface area contributed by atoms with E-state index in [0.717, 1.165) is 54.6 Å². The number of nitrogens with one attached hydrogen (secondary N) is 2. The maximum Gasteiger partial charge on any atom is 0.407 e. The number of fused-ring (bicyclic) bond motifs is 3. The maximum absolute atomic E-state index is 11.6. The first-order valence-electron chi connectivity index (χ1n) is 10.2. The lowest BCUT2D eigenvalue weighted by atomic mass is 9.85. The maximum atomic E-state index is 11.6. The molecule has 0 saturated heterocycles. The Morgan fingerprint density at radius 1 is 1.34 bits per heavy atom. The van der Waals surface area contributed by atoms with Crippen molar-refractivity contribution in [3.05, 3.63) is 24.3 Å². The Kier molecular flexibility index (Phi) is 5.16. The third-order valence-electron chi connectivity index (χ3n) is 5.95. The van der Waals surface area contributed by atoms with Gasteiger partial charge in [-0.05, 0) is 52.4 Å². The molecule has 0 atom stereocenters. The van der Waals surface area contributed by atoms with Crippen LogP contribution in [0.15, 0.2) is 18.7 Å². The second-order valence-electron chi connectivity index (χ2n) is 8.99. The van der Waals surface area contributed by atoms with Gasteiger partial charge in [0.05, 0.1) is 11.7 Å². The highest BCUT2D eigenvalue weighted by Gasteiger charge is 2.30. The monoisotopic (exact) mass is 399 g/mol. The van der Waals surface area contributed by atoms with Gasteiger partial charge in [0.1, 0.15) is 6.33 Å². The average molecular weight is 399 g/mol. The van der Waals surface area contributed by atoms with Crippen molar-refractivity contribution < 1.29 is 9.90 Å². The zero-order valence-corrected chi connectivity index (χ0v) is 17.2. The molecule has 0 unspecified atom stereocenters. The molecule has 0 spiro atoms. The number of carboxylic acid groups (broad SMARTS) is 1. The minimum Gasteiger partial charge on any atom is -0.465 e. The van der Waals surface area contributed by atoms with Crippen LogP contribution in [0.5, 0.6) is 0 Å². The van der Waals surface area contributed by atoms with Crippen molar-refractivity contribution in [3.8, 4) is 0 Å². The Morgan fingerprint density at radius 2 is 2.10 bits per heavy atom. The van der Waals surface area contributed by atoms with Crippen LogP contribution in [0.25, 0.3) is 16.8 Å². The molecule has 3 heterocycles. The molecule has 1 aliphatic rings. The molecular formula is C20H29N7O2.